The summed E-state index contributed by atoms with van der Waals surface area (Å²) in [5, 5.41) is 18.4. The highest BCUT2D eigenvalue weighted by atomic mass is 16.5. The molecule has 104 valence electrons. The van der Waals surface area contributed by atoms with Crippen LogP contribution in [0.3, 0.4) is 0 Å². The molecule has 0 bridgehead atoms. The zero-order chi connectivity index (χ0) is 14.3. The molecule has 1 rings (SSSR count). The Labute approximate surface area is 111 Å². The van der Waals surface area contributed by atoms with Crippen molar-refractivity contribution in [2.24, 2.45) is 0 Å². The average molecular weight is 266 g/mol. The fraction of sp³-hybridized carbons (Fsp3) is 0.462. The zero-order valence-electron chi connectivity index (χ0n) is 10.9. The Balaban J connectivity index is 2.99. The minimum absolute atomic E-state index is 0.209. The first-order valence-corrected chi connectivity index (χ1v) is 5.97. The molecule has 0 fully saturated rings. The highest BCUT2D eigenvalue weighted by molar-refractivity contribution is 5.08. The number of aromatic nitrogens is 2. The van der Waals surface area contributed by atoms with E-state index in [4.69, 9.17) is 9.84 Å². The van der Waals surface area contributed by atoms with Crippen LogP contribution in [0.5, 0.6) is 5.88 Å². The van der Waals surface area contributed by atoms with E-state index < -0.39 is 11.7 Å². The normalized spacial score (nSPS) is 11.7. The molecule has 1 aromatic heterocycles. The molecule has 0 aliphatic rings. The molecule has 0 saturated heterocycles. The molecule has 0 spiro atoms. The molecule has 0 unspecified atom stereocenters. The second-order valence-electron chi connectivity index (χ2n) is 3.87. The van der Waals surface area contributed by atoms with Gasteiger partial charge in [0.2, 0.25) is 5.88 Å². The van der Waals surface area contributed by atoms with Crippen LogP contribution in [-0.2, 0) is 0 Å². The van der Waals surface area contributed by atoms with E-state index in [1.807, 2.05) is 0 Å². The number of aliphatic hydroxyl groups excluding tert-OH is 2. The minimum Gasteiger partial charge on any atom is -0.478 e. The summed E-state index contributed by atoms with van der Waals surface area (Å²) < 4.78 is 6.43. The van der Waals surface area contributed by atoms with E-state index in [-0.39, 0.29) is 25.5 Å². The summed E-state index contributed by atoms with van der Waals surface area (Å²) in [5.41, 5.74) is 2.60. The molecular formula is C13H18N2O4. The molecule has 0 radical (unpaired) electrons. The molecular weight excluding hydrogens is 248 g/mol. The van der Waals surface area contributed by atoms with Crippen LogP contribution >= 0.6 is 0 Å². The molecule has 6 nitrogen and oxygen atoms in total. The van der Waals surface area contributed by atoms with Crippen LogP contribution in [0, 0.1) is 0 Å². The SMILES string of the molecule is C=C=C(CO)C[C@H](CO)n1ccc(OCC)nc1=O. The van der Waals surface area contributed by atoms with Gasteiger partial charge in [-0.05, 0) is 12.5 Å². The summed E-state index contributed by atoms with van der Waals surface area (Å²) in [6.45, 7) is 5.21. The Bertz CT molecular complexity index is 518. The molecule has 1 aromatic rings. The van der Waals surface area contributed by atoms with E-state index >= 15 is 0 Å². The third kappa shape index (κ3) is 4.06. The maximum Gasteiger partial charge on any atom is 0.351 e. The molecule has 0 aliphatic heterocycles. The molecule has 0 amide bonds. The lowest BCUT2D eigenvalue weighted by Gasteiger charge is -2.17. The topological polar surface area (TPSA) is 84.6 Å². The van der Waals surface area contributed by atoms with E-state index in [1.54, 1.807) is 13.0 Å². The predicted molar refractivity (Wildman–Crippen MR) is 70.1 cm³/mol. The first-order valence-electron chi connectivity index (χ1n) is 5.97. The standard InChI is InChI=1S/C13H18N2O4/c1-3-10(8-16)7-11(9-17)15-6-5-12(19-4-2)14-13(15)18/h5-6,11,16-17H,1,4,7-9H2,2H3/t11-/m1/s1. The summed E-state index contributed by atoms with van der Waals surface area (Å²) in [4.78, 5) is 15.6. The average Bonchev–Trinajstić information content (AvgIpc) is 2.42. The second kappa shape index (κ2) is 7.53. The van der Waals surface area contributed by atoms with Crippen molar-refractivity contribution in [1.29, 1.82) is 0 Å². The summed E-state index contributed by atoms with van der Waals surface area (Å²) in [5.74, 6) is 0.252. The van der Waals surface area contributed by atoms with Crippen LogP contribution in [0.4, 0.5) is 0 Å². The van der Waals surface area contributed by atoms with Crippen molar-refractivity contribution in [1.82, 2.24) is 9.55 Å². The van der Waals surface area contributed by atoms with Gasteiger partial charge in [-0.3, -0.25) is 4.57 Å². The van der Waals surface area contributed by atoms with Crippen LogP contribution < -0.4 is 10.4 Å². The van der Waals surface area contributed by atoms with Gasteiger partial charge in [0.1, 0.15) is 0 Å². The van der Waals surface area contributed by atoms with Gasteiger partial charge in [0.05, 0.1) is 25.9 Å². The van der Waals surface area contributed by atoms with Gasteiger partial charge < -0.3 is 14.9 Å². The Morgan fingerprint density at radius 2 is 2.37 bits per heavy atom. The first kappa shape index (κ1) is 15.2. The summed E-state index contributed by atoms with van der Waals surface area (Å²) in [7, 11) is 0. The highest BCUT2D eigenvalue weighted by Gasteiger charge is 2.14. The molecule has 2 N–H and O–H groups in total. The van der Waals surface area contributed by atoms with Crippen molar-refractivity contribution in [3.05, 3.63) is 40.6 Å². The monoisotopic (exact) mass is 266 g/mol. The molecule has 19 heavy (non-hydrogen) atoms. The zero-order valence-corrected chi connectivity index (χ0v) is 10.9. The lowest BCUT2D eigenvalue weighted by atomic mass is 10.1. The maximum atomic E-state index is 11.8. The van der Waals surface area contributed by atoms with E-state index in [0.717, 1.165) is 0 Å². The molecule has 0 aromatic carbocycles. The Morgan fingerprint density at radius 3 is 2.84 bits per heavy atom. The molecule has 6 heteroatoms. The van der Waals surface area contributed by atoms with E-state index in [9.17, 15) is 9.90 Å². The second-order valence-corrected chi connectivity index (χ2v) is 3.87. The van der Waals surface area contributed by atoms with Crippen LogP contribution in [0.2, 0.25) is 0 Å². The van der Waals surface area contributed by atoms with Gasteiger partial charge in [-0.25, -0.2) is 4.79 Å². The smallest absolute Gasteiger partial charge is 0.351 e. The lowest BCUT2D eigenvalue weighted by Crippen LogP contribution is -2.29. The minimum atomic E-state index is -0.508. The quantitative estimate of drug-likeness (QED) is 0.692. The van der Waals surface area contributed by atoms with Crippen molar-refractivity contribution in [2.75, 3.05) is 19.8 Å². The van der Waals surface area contributed by atoms with E-state index in [0.29, 0.717) is 12.2 Å². The largest absolute Gasteiger partial charge is 0.478 e. The fourth-order valence-electron chi connectivity index (χ4n) is 1.63. The Hall–Kier alpha value is -1.88. The van der Waals surface area contributed by atoms with Crippen molar-refractivity contribution >= 4 is 0 Å². The van der Waals surface area contributed by atoms with Crippen molar-refractivity contribution in [3.8, 4) is 5.88 Å². The summed E-state index contributed by atoms with van der Waals surface area (Å²) >= 11 is 0. The summed E-state index contributed by atoms with van der Waals surface area (Å²) in [6, 6.07) is 1.05. The number of rotatable bonds is 7. The van der Waals surface area contributed by atoms with Gasteiger partial charge >= 0.3 is 5.69 Å². The maximum absolute atomic E-state index is 11.8. The number of ether oxygens (including phenoxy) is 1. The molecule has 0 saturated carbocycles. The van der Waals surface area contributed by atoms with E-state index in [2.05, 4.69) is 17.3 Å². The Morgan fingerprint density at radius 1 is 1.63 bits per heavy atom. The highest BCUT2D eigenvalue weighted by Crippen LogP contribution is 2.15. The predicted octanol–water partition coefficient (Wildman–Crippen LogP) is 0.269. The van der Waals surface area contributed by atoms with Crippen LogP contribution in [-0.4, -0.2) is 39.6 Å². The van der Waals surface area contributed by atoms with Gasteiger partial charge in [-0.1, -0.05) is 6.58 Å². The van der Waals surface area contributed by atoms with Crippen LogP contribution in [0.1, 0.15) is 19.4 Å². The molecule has 1 atom stereocenters. The van der Waals surface area contributed by atoms with Gasteiger partial charge in [-0.15, -0.1) is 5.73 Å². The van der Waals surface area contributed by atoms with Gasteiger partial charge in [-0.2, -0.15) is 4.98 Å². The number of nitrogens with zero attached hydrogens (tertiary/aromatic N) is 2. The van der Waals surface area contributed by atoms with E-state index in [1.165, 1.54) is 10.8 Å². The number of aliphatic hydroxyl groups is 2. The van der Waals surface area contributed by atoms with Gasteiger partial charge in [0.15, 0.2) is 0 Å². The first-order chi connectivity index (χ1) is 9.15. The lowest BCUT2D eigenvalue weighted by molar-refractivity contribution is 0.216. The van der Waals surface area contributed by atoms with Gasteiger partial charge in [0.25, 0.3) is 0 Å². The van der Waals surface area contributed by atoms with Crippen molar-refractivity contribution < 1.29 is 14.9 Å². The van der Waals surface area contributed by atoms with Crippen molar-refractivity contribution in [2.45, 2.75) is 19.4 Å². The number of hydrogen-bond donors (Lipinski definition) is 2. The van der Waals surface area contributed by atoms with Crippen LogP contribution in [0.15, 0.2) is 34.9 Å². The fourth-order valence-corrected chi connectivity index (χ4v) is 1.63. The Kier molecular flexibility index (Phi) is 6.02. The van der Waals surface area contributed by atoms with Crippen LogP contribution in [0.25, 0.3) is 0 Å². The number of hydrogen-bond acceptors (Lipinski definition) is 5. The third-order valence-corrected chi connectivity index (χ3v) is 2.62. The summed E-state index contributed by atoms with van der Waals surface area (Å²) in [6.07, 6.45) is 1.80. The third-order valence-electron chi connectivity index (χ3n) is 2.62. The molecule has 0 aliphatic carbocycles. The van der Waals surface area contributed by atoms with Gasteiger partial charge in [0, 0.05) is 18.7 Å². The van der Waals surface area contributed by atoms with Crippen molar-refractivity contribution in [3.63, 3.8) is 0 Å². The molecule has 1 heterocycles.